The quantitative estimate of drug-likeness (QED) is 0.477. The van der Waals surface area contributed by atoms with E-state index in [4.69, 9.17) is 0 Å². The molecule has 3 rings (SSSR count). The van der Waals surface area contributed by atoms with Gasteiger partial charge >= 0.3 is 0 Å². The zero-order valence-electron chi connectivity index (χ0n) is 14.8. The van der Waals surface area contributed by atoms with Gasteiger partial charge in [-0.2, -0.15) is 10.2 Å². The van der Waals surface area contributed by atoms with Gasteiger partial charge in [-0.1, -0.05) is 6.07 Å². The SMILES string of the molecule is CC(=O)c1cc(N=Nc2ccc(S(=O)(=O)Nc3ccccn3)cc2)ccc1O. The Bertz CT molecular complexity index is 1130. The van der Waals surface area contributed by atoms with Crippen LogP contribution in [0.1, 0.15) is 17.3 Å². The normalized spacial score (nSPS) is 11.5. The topological polar surface area (TPSA) is 121 Å². The van der Waals surface area contributed by atoms with Gasteiger partial charge in [-0.25, -0.2) is 13.4 Å². The number of azo groups is 1. The lowest BCUT2D eigenvalue weighted by atomic mass is 10.1. The number of pyridine rings is 1. The van der Waals surface area contributed by atoms with Crippen LogP contribution in [0.15, 0.2) is 82.0 Å². The molecule has 2 N–H and O–H groups in total. The Morgan fingerprint density at radius 2 is 1.68 bits per heavy atom. The van der Waals surface area contributed by atoms with E-state index in [-0.39, 0.29) is 27.8 Å². The number of phenolic OH excluding ortho intramolecular Hbond substituents is 1. The van der Waals surface area contributed by atoms with Crippen molar-refractivity contribution in [3.05, 3.63) is 72.4 Å². The van der Waals surface area contributed by atoms with Crippen LogP contribution in [0, 0.1) is 0 Å². The number of aromatic nitrogens is 1. The van der Waals surface area contributed by atoms with E-state index >= 15 is 0 Å². The third-order valence-electron chi connectivity index (χ3n) is 3.69. The fourth-order valence-corrected chi connectivity index (χ4v) is 3.30. The summed E-state index contributed by atoms with van der Waals surface area (Å²) in [5, 5.41) is 17.7. The fraction of sp³-hybridized carbons (Fsp3) is 0.0526. The number of nitrogens with zero attached hydrogens (tertiary/aromatic N) is 3. The van der Waals surface area contributed by atoms with Crippen molar-refractivity contribution in [1.82, 2.24) is 4.98 Å². The van der Waals surface area contributed by atoms with Crippen LogP contribution in [0.4, 0.5) is 17.2 Å². The minimum atomic E-state index is -3.77. The number of carbonyl (C=O) groups is 1. The molecule has 9 heteroatoms. The highest BCUT2D eigenvalue weighted by molar-refractivity contribution is 7.92. The Balaban J connectivity index is 1.77. The molecule has 0 unspecified atom stereocenters. The van der Waals surface area contributed by atoms with Gasteiger partial charge in [0, 0.05) is 6.20 Å². The summed E-state index contributed by atoms with van der Waals surface area (Å²) in [6.45, 7) is 1.34. The molecule has 142 valence electrons. The van der Waals surface area contributed by atoms with Gasteiger partial charge in [0.2, 0.25) is 0 Å². The summed E-state index contributed by atoms with van der Waals surface area (Å²) in [4.78, 5) is 15.4. The molecule has 0 saturated carbocycles. The van der Waals surface area contributed by atoms with Crippen molar-refractivity contribution in [2.45, 2.75) is 11.8 Å². The van der Waals surface area contributed by atoms with Crippen LogP contribution in [-0.2, 0) is 10.0 Å². The van der Waals surface area contributed by atoms with Gasteiger partial charge in [0.15, 0.2) is 5.78 Å². The minimum absolute atomic E-state index is 0.0561. The number of aromatic hydroxyl groups is 1. The van der Waals surface area contributed by atoms with E-state index in [1.165, 1.54) is 55.6 Å². The molecule has 0 aliphatic carbocycles. The maximum Gasteiger partial charge on any atom is 0.263 e. The molecular weight excluding hydrogens is 380 g/mol. The predicted octanol–water partition coefficient (Wildman–Crippen LogP) is 4.21. The van der Waals surface area contributed by atoms with Gasteiger partial charge < -0.3 is 5.11 Å². The average molecular weight is 396 g/mol. The smallest absolute Gasteiger partial charge is 0.263 e. The number of rotatable bonds is 6. The molecule has 1 heterocycles. The molecule has 0 saturated heterocycles. The summed E-state index contributed by atoms with van der Waals surface area (Å²) in [6, 6.07) is 15.0. The molecular formula is C19H16N4O4S. The van der Waals surface area contributed by atoms with Crippen molar-refractivity contribution < 1.29 is 18.3 Å². The zero-order chi connectivity index (χ0) is 20.1. The van der Waals surface area contributed by atoms with Crippen LogP contribution >= 0.6 is 0 Å². The van der Waals surface area contributed by atoms with Gasteiger partial charge in [-0.05, 0) is 61.5 Å². The minimum Gasteiger partial charge on any atom is -0.507 e. The first-order valence-electron chi connectivity index (χ1n) is 8.15. The molecule has 0 aliphatic heterocycles. The lowest BCUT2D eigenvalue weighted by Crippen LogP contribution is -2.13. The molecule has 1 aromatic heterocycles. The molecule has 0 aliphatic rings. The molecule has 0 amide bonds. The molecule has 0 radical (unpaired) electrons. The summed E-state index contributed by atoms with van der Waals surface area (Å²) in [7, 11) is -3.77. The lowest BCUT2D eigenvalue weighted by Gasteiger charge is -2.07. The Morgan fingerprint density at radius 1 is 1.00 bits per heavy atom. The number of benzene rings is 2. The number of hydrogen-bond donors (Lipinski definition) is 2. The van der Waals surface area contributed by atoms with E-state index in [1.54, 1.807) is 18.2 Å². The summed E-state index contributed by atoms with van der Waals surface area (Å²) < 4.78 is 27.1. The Kier molecular flexibility index (Phi) is 5.46. The fourth-order valence-electron chi connectivity index (χ4n) is 2.30. The standard InChI is InChI=1S/C19H16N4O4S/c1-13(24)17-12-15(7-10-18(17)25)22-21-14-5-8-16(9-6-14)28(26,27)23-19-4-2-3-11-20-19/h2-12,25H,1H3,(H,20,23). The first-order chi connectivity index (χ1) is 13.3. The van der Waals surface area contributed by atoms with Crippen molar-refractivity contribution in [3.8, 4) is 5.75 Å². The van der Waals surface area contributed by atoms with Crippen molar-refractivity contribution in [1.29, 1.82) is 0 Å². The highest BCUT2D eigenvalue weighted by Gasteiger charge is 2.14. The van der Waals surface area contributed by atoms with Crippen molar-refractivity contribution >= 4 is 33.0 Å². The summed E-state index contributed by atoms with van der Waals surface area (Å²) >= 11 is 0. The van der Waals surface area contributed by atoms with Crippen LogP contribution in [0.3, 0.4) is 0 Å². The number of phenols is 1. The lowest BCUT2D eigenvalue weighted by molar-refractivity contribution is 0.101. The van der Waals surface area contributed by atoms with Crippen molar-refractivity contribution in [2.75, 3.05) is 4.72 Å². The van der Waals surface area contributed by atoms with E-state index in [0.29, 0.717) is 11.4 Å². The van der Waals surface area contributed by atoms with E-state index in [9.17, 15) is 18.3 Å². The number of carbonyl (C=O) groups excluding carboxylic acids is 1. The van der Waals surface area contributed by atoms with E-state index in [2.05, 4.69) is 19.9 Å². The van der Waals surface area contributed by atoms with Crippen LogP contribution in [0.2, 0.25) is 0 Å². The van der Waals surface area contributed by atoms with Crippen molar-refractivity contribution in [2.24, 2.45) is 10.2 Å². The molecule has 8 nitrogen and oxygen atoms in total. The van der Waals surface area contributed by atoms with Crippen LogP contribution in [0.5, 0.6) is 5.75 Å². The second-order valence-electron chi connectivity index (χ2n) is 5.77. The second-order valence-corrected chi connectivity index (χ2v) is 7.45. The maximum atomic E-state index is 12.4. The van der Waals surface area contributed by atoms with Gasteiger partial charge in [-0.3, -0.25) is 9.52 Å². The molecule has 28 heavy (non-hydrogen) atoms. The van der Waals surface area contributed by atoms with Gasteiger partial charge in [0.25, 0.3) is 10.0 Å². The summed E-state index contributed by atoms with van der Waals surface area (Å²) in [5.74, 6) is -0.189. The molecule has 3 aromatic rings. The Labute approximate surface area is 161 Å². The average Bonchev–Trinajstić information content (AvgIpc) is 2.68. The van der Waals surface area contributed by atoms with Gasteiger partial charge in [0.1, 0.15) is 11.6 Å². The largest absolute Gasteiger partial charge is 0.507 e. The first-order valence-corrected chi connectivity index (χ1v) is 9.63. The number of sulfonamides is 1. The van der Waals surface area contributed by atoms with Crippen molar-refractivity contribution in [3.63, 3.8) is 0 Å². The third kappa shape index (κ3) is 4.57. The summed E-state index contributed by atoms with van der Waals surface area (Å²) in [6.07, 6.45) is 1.49. The molecule has 0 spiro atoms. The van der Waals surface area contributed by atoms with E-state index < -0.39 is 10.0 Å². The van der Waals surface area contributed by atoms with Crippen LogP contribution < -0.4 is 4.72 Å². The number of Topliss-reactive ketones (excluding diaryl/α,β-unsaturated/α-hetero) is 1. The van der Waals surface area contributed by atoms with Gasteiger partial charge in [0.05, 0.1) is 21.8 Å². The molecule has 2 aromatic carbocycles. The molecule has 0 bridgehead atoms. The third-order valence-corrected chi connectivity index (χ3v) is 5.06. The predicted molar refractivity (Wildman–Crippen MR) is 104 cm³/mol. The highest BCUT2D eigenvalue weighted by Crippen LogP contribution is 2.26. The second kappa shape index (κ2) is 7.97. The highest BCUT2D eigenvalue weighted by atomic mass is 32.2. The molecule has 0 fully saturated rings. The maximum absolute atomic E-state index is 12.4. The summed E-state index contributed by atoms with van der Waals surface area (Å²) in [5.41, 5.74) is 0.962. The number of anilines is 1. The zero-order valence-corrected chi connectivity index (χ0v) is 15.6. The number of nitrogens with one attached hydrogen (secondary N) is 1. The Hall–Kier alpha value is -3.59. The molecule has 0 atom stereocenters. The Morgan fingerprint density at radius 3 is 2.32 bits per heavy atom. The van der Waals surface area contributed by atoms with E-state index in [1.807, 2.05) is 0 Å². The van der Waals surface area contributed by atoms with Crippen LogP contribution in [-0.4, -0.2) is 24.3 Å². The van der Waals surface area contributed by atoms with Crippen LogP contribution in [0.25, 0.3) is 0 Å². The number of ketones is 1. The first kappa shape index (κ1) is 19.2. The van der Waals surface area contributed by atoms with Gasteiger partial charge in [-0.15, -0.1) is 0 Å². The van der Waals surface area contributed by atoms with E-state index in [0.717, 1.165) is 0 Å². The number of hydrogen-bond acceptors (Lipinski definition) is 7. The monoisotopic (exact) mass is 396 g/mol.